The minimum Gasteiger partial charge on any atom is -0.370 e. The van der Waals surface area contributed by atoms with Crippen LogP contribution >= 0.6 is 11.3 Å². The van der Waals surface area contributed by atoms with E-state index in [0.717, 1.165) is 40.9 Å². The molecule has 1 N–H and O–H groups in total. The highest BCUT2D eigenvalue weighted by molar-refractivity contribution is 7.16. The third-order valence-corrected chi connectivity index (χ3v) is 5.17. The van der Waals surface area contributed by atoms with Crippen molar-refractivity contribution >= 4 is 27.4 Å². The van der Waals surface area contributed by atoms with Gasteiger partial charge in [0.1, 0.15) is 16.5 Å². The molecule has 3 heterocycles. The van der Waals surface area contributed by atoms with Gasteiger partial charge in [-0.25, -0.2) is 9.97 Å². The molecule has 0 saturated carbocycles. The van der Waals surface area contributed by atoms with E-state index in [1.54, 1.807) is 11.3 Å². The van der Waals surface area contributed by atoms with Crippen LogP contribution in [0.25, 0.3) is 10.2 Å². The van der Waals surface area contributed by atoms with Gasteiger partial charge in [0.2, 0.25) is 0 Å². The van der Waals surface area contributed by atoms with Crippen LogP contribution in [0.5, 0.6) is 0 Å². The van der Waals surface area contributed by atoms with Crippen molar-refractivity contribution in [1.29, 1.82) is 0 Å². The number of hydrogen-bond donors (Lipinski definition) is 1. The zero-order chi connectivity index (χ0) is 14.7. The number of hydrogen-bond acceptors (Lipinski definition) is 5. The summed E-state index contributed by atoms with van der Waals surface area (Å²) >= 11 is 1.70. The minimum absolute atomic E-state index is 0.878. The Hall–Kier alpha value is -1.20. The van der Waals surface area contributed by atoms with Crippen LogP contribution in [0, 0.1) is 5.92 Å². The van der Waals surface area contributed by atoms with Crippen LogP contribution in [-0.4, -0.2) is 34.5 Å². The molecule has 0 aliphatic carbocycles. The highest BCUT2D eigenvalue weighted by Crippen LogP contribution is 2.26. The largest absolute Gasteiger partial charge is 0.370 e. The second kappa shape index (κ2) is 6.71. The van der Waals surface area contributed by atoms with Gasteiger partial charge < -0.3 is 5.32 Å². The van der Waals surface area contributed by atoms with E-state index in [1.165, 1.54) is 32.4 Å². The normalized spacial score (nSPS) is 17.4. The Morgan fingerprint density at radius 3 is 2.81 bits per heavy atom. The molecule has 2 aromatic heterocycles. The number of anilines is 1. The van der Waals surface area contributed by atoms with Gasteiger partial charge in [0, 0.05) is 6.54 Å². The van der Waals surface area contributed by atoms with E-state index in [9.17, 15) is 0 Å². The van der Waals surface area contributed by atoms with Crippen molar-refractivity contribution in [2.45, 2.75) is 39.7 Å². The third kappa shape index (κ3) is 3.35. The van der Waals surface area contributed by atoms with Crippen molar-refractivity contribution < 1.29 is 0 Å². The first-order chi connectivity index (χ1) is 10.3. The summed E-state index contributed by atoms with van der Waals surface area (Å²) in [6.07, 6.45) is 3.95. The van der Waals surface area contributed by atoms with Crippen LogP contribution < -0.4 is 5.32 Å². The Bertz CT molecular complexity index is 587. The summed E-state index contributed by atoms with van der Waals surface area (Å²) in [5.74, 6) is 2.86. The predicted molar refractivity (Wildman–Crippen MR) is 89.9 cm³/mol. The number of aromatic nitrogens is 2. The van der Waals surface area contributed by atoms with Crippen LogP contribution in [0.1, 0.15) is 38.9 Å². The van der Waals surface area contributed by atoms with Crippen molar-refractivity contribution in [2.24, 2.45) is 5.92 Å². The smallest absolute Gasteiger partial charge is 0.146 e. The fourth-order valence-electron chi connectivity index (χ4n) is 3.03. The summed E-state index contributed by atoms with van der Waals surface area (Å²) < 4.78 is 0. The lowest BCUT2D eigenvalue weighted by Crippen LogP contribution is -2.33. The Morgan fingerprint density at radius 1 is 1.29 bits per heavy atom. The zero-order valence-electron chi connectivity index (χ0n) is 12.9. The Kier molecular flexibility index (Phi) is 4.70. The molecule has 4 nitrogen and oxygen atoms in total. The maximum absolute atomic E-state index is 4.74. The third-order valence-electron chi connectivity index (χ3n) is 4.37. The number of likely N-dealkylation sites (tertiary alicyclic amines) is 1. The molecule has 21 heavy (non-hydrogen) atoms. The molecule has 3 rings (SSSR count). The monoisotopic (exact) mass is 304 g/mol. The lowest BCUT2D eigenvalue weighted by molar-refractivity contribution is 0.171. The molecule has 2 aromatic rings. The lowest BCUT2D eigenvalue weighted by atomic mass is 9.94. The molecule has 0 spiro atoms. The number of fused-ring (bicyclic) bond motifs is 1. The Labute approximate surface area is 130 Å². The number of nitrogens with zero attached hydrogens (tertiary/aromatic N) is 3. The standard InChI is InChI=1S/C16H24N4S/c1-3-12-5-8-20(9-6-12)11-14-18-15(17-4-2)13-7-10-21-16(13)19-14/h7,10,12H,3-6,8-9,11H2,1-2H3,(H,17,18,19). The van der Waals surface area contributed by atoms with Crippen molar-refractivity contribution in [1.82, 2.24) is 14.9 Å². The molecular weight excluding hydrogens is 280 g/mol. The van der Waals surface area contributed by atoms with E-state index >= 15 is 0 Å². The Morgan fingerprint density at radius 2 is 2.10 bits per heavy atom. The number of piperidine rings is 1. The molecule has 5 heteroatoms. The topological polar surface area (TPSA) is 41.1 Å². The van der Waals surface area contributed by atoms with Gasteiger partial charge in [-0.3, -0.25) is 4.90 Å². The van der Waals surface area contributed by atoms with Gasteiger partial charge in [-0.2, -0.15) is 0 Å². The summed E-state index contributed by atoms with van der Waals surface area (Å²) in [5.41, 5.74) is 0. The van der Waals surface area contributed by atoms with E-state index in [2.05, 4.69) is 35.5 Å². The molecule has 0 unspecified atom stereocenters. The second-order valence-electron chi connectivity index (χ2n) is 5.79. The summed E-state index contributed by atoms with van der Waals surface area (Å²) in [6.45, 7) is 8.54. The fraction of sp³-hybridized carbons (Fsp3) is 0.625. The van der Waals surface area contributed by atoms with Crippen molar-refractivity contribution in [3.63, 3.8) is 0 Å². The molecule has 0 bridgehead atoms. The highest BCUT2D eigenvalue weighted by Gasteiger charge is 2.19. The van der Waals surface area contributed by atoms with Gasteiger partial charge in [-0.15, -0.1) is 11.3 Å². The first-order valence-electron chi connectivity index (χ1n) is 8.00. The van der Waals surface area contributed by atoms with E-state index < -0.39 is 0 Å². The van der Waals surface area contributed by atoms with Gasteiger partial charge in [0.15, 0.2) is 0 Å². The molecule has 0 aromatic carbocycles. The van der Waals surface area contributed by atoms with Crippen LogP contribution in [0.4, 0.5) is 5.82 Å². The average molecular weight is 304 g/mol. The van der Waals surface area contributed by atoms with Crippen molar-refractivity contribution in [3.05, 3.63) is 17.3 Å². The maximum atomic E-state index is 4.74. The van der Waals surface area contributed by atoms with Gasteiger partial charge >= 0.3 is 0 Å². The van der Waals surface area contributed by atoms with E-state index in [-0.39, 0.29) is 0 Å². The van der Waals surface area contributed by atoms with Gasteiger partial charge in [-0.05, 0) is 50.2 Å². The fourth-order valence-corrected chi connectivity index (χ4v) is 3.81. The van der Waals surface area contributed by atoms with E-state index in [4.69, 9.17) is 9.97 Å². The van der Waals surface area contributed by atoms with Gasteiger partial charge in [0.05, 0.1) is 11.9 Å². The summed E-state index contributed by atoms with van der Waals surface area (Å²) in [5, 5.41) is 6.61. The minimum atomic E-state index is 0.878. The first kappa shape index (κ1) is 14.7. The van der Waals surface area contributed by atoms with Gasteiger partial charge in [-0.1, -0.05) is 13.3 Å². The molecule has 114 valence electrons. The summed E-state index contributed by atoms with van der Waals surface area (Å²) in [6, 6.07) is 2.11. The molecule has 1 saturated heterocycles. The molecule has 1 aliphatic rings. The predicted octanol–water partition coefficient (Wildman–Crippen LogP) is 3.75. The van der Waals surface area contributed by atoms with Crippen LogP contribution in [0.3, 0.4) is 0 Å². The summed E-state index contributed by atoms with van der Waals surface area (Å²) in [7, 11) is 0. The number of thiophene rings is 1. The van der Waals surface area contributed by atoms with Crippen molar-refractivity contribution in [3.8, 4) is 0 Å². The second-order valence-corrected chi connectivity index (χ2v) is 6.68. The molecule has 1 aliphatic heterocycles. The number of nitrogens with one attached hydrogen (secondary N) is 1. The molecule has 0 amide bonds. The SMILES string of the molecule is CCNc1nc(CN2CCC(CC)CC2)nc2sccc12. The maximum Gasteiger partial charge on any atom is 0.146 e. The molecule has 0 atom stereocenters. The van der Waals surface area contributed by atoms with Crippen molar-refractivity contribution in [2.75, 3.05) is 25.0 Å². The first-order valence-corrected chi connectivity index (χ1v) is 8.88. The summed E-state index contributed by atoms with van der Waals surface area (Å²) in [4.78, 5) is 13.1. The zero-order valence-corrected chi connectivity index (χ0v) is 13.7. The van der Waals surface area contributed by atoms with Gasteiger partial charge in [0.25, 0.3) is 0 Å². The Balaban J connectivity index is 1.74. The quantitative estimate of drug-likeness (QED) is 0.913. The van der Waals surface area contributed by atoms with E-state index in [1.807, 2.05) is 0 Å². The number of rotatable bonds is 5. The van der Waals surface area contributed by atoms with Crippen LogP contribution in [0.2, 0.25) is 0 Å². The molecular formula is C16H24N4S. The van der Waals surface area contributed by atoms with Crippen LogP contribution in [0.15, 0.2) is 11.4 Å². The van der Waals surface area contributed by atoms with Crippen LogP contribution in [-0.2, 0) is 6.54 Å². The molecule has 1 fully saturated rings. The molecule has 0 radical (unpaired) electrons. The highest BCUT2D eigenvalue weighted by atomic mass is 32.1. The van der Waals surface area contributed by atoms with E-state index in [0.29, 0.717) is 0 Å². The average Bonchev–Trinajstić information content (AvgIpc) is 2.97. The lowest BCUT2D eigenvalue weighted by Gasteiger charge is -2.30.